The van der Waals surface area contributed by atoms with Crippen molar-refractivity contribution in [3.63, 3.8) is 0 Å². The summed E-state index contributed by atoms with van der Waals surface area (Å²) in [5, 5.41) is 4.55. The molecule has 5 nitrogen and oxygen atoms in total. The topological polar surface area (TPSA) is 56.3 Å². The zero-order valence-corrected chi connectivity index (χ0v) is 11.6. The normalized spacial score (nSPS) is 20.4. The Morgan fingerprint density at radius 3 is 2.94 bits per heavy atom. The molecule has 102 valence electrons. The molecule has 5 heteroatoms. The molecule has 18 heavy (non-hydrogen) atoms. The van der Waals surface area contributed by atoms with Crippen molar-refractivity contribution in [3.05, 3.63) is 11.3 Å². The van der Waals surface area contributed by atoms with Crippen molar-refractivity contribution in [2.75, 3.05) is 31.2 Å². The summed E-state index contributed by atoms with van der Waals surface area (Å²) < 4.78 is 7.57. The number of anilines is 1. The predicted octanol–water partition coefficient (Wildman–Crippen LogP) is 0.845. The first kappa shape index (κ1) is 13.4. The Kier molecular flexibility index (Phi) is 4.24. The second kappa shape index (κ2) is 5.71. The highest BCUT2D eigenvalue weighted by Gasteiger charge is 2.27. The van der Waals surface area contributed by atoms with Crippen LogP contribution in [0.3, 0.4) is 0 Å². The quantitative estimate of drug-likeness (QED) is 0.863. The summed E-state index contributed by atoms with van der Waals surface area (Å²) in [4.78, 5) is 2.44. The molecule has 1 saturated heterocycles. The van der Waals surface area contributed by atoms with E-state index in [4.69, 9.17) is 10.5 Å². The molecule has 2 heterocycles. The van der Waals surface area contributed by atoms with Crippen molar-refractivity contribution in [2.24, 2.45) is 12.8 Å². The van der Waals surface area contributed by atoms with E-state index in [0.717, 1.165) is 38.3 Å². The third kappa shape index (κ3) is 2.37. The highest BCUT2D eigenvalue weighted by molar-refractivity contribution is 5.51. The van der Waals surface area contributed by atoms with Gasteiger partial charge in [-0.15, -0.1) is 0 Å². The van der Waals surface area contributed by atoms with Gasteiger partial charge < -0.3 is 15.4 Å². The lowest BCUT2D eigenvalue weighted by Gasteiger charge is -2.37. The molecule has 1 aromatic heterocycles. The molecule has 1 aromatic rings. The number of morpholine rings is 1. The van der Waals surface area contributed by atoms with Gasteiger partial charge in [-0.25, -0.2) is 0 Å². The molecule has 0 bridgehead atoms. The van der Waals surface area contributed by atoms with E-state index in [0.29, 0.717) is 12.6 Å². The van der Waals surface area contributed by atoms with Crippen LogP contribution in [0.2, 0.25) is 0 Å². The zero-order valence-electron chi connectivity index (χ0n) is 11.6. The van der Waals surface area contributed by atoms with Gasteiger partial charge >= 0.3 is 0 Å². The number of ether oxygens (including phenoxy) is 1. The molecule has 0 saturated carbocycles. The summed E-state index contributed by atoms with van der Waals surface area (Å²) in [7, 11) is 2.02. The van der Waals surface area contributed by atoms with Crippen molar-refractivity contribution >= 4 is 5.82 Å². The summed E-state index contributed by atoms with van der Waals surface area (Å²) in [5.41, 5.74) is 8.11. The number of hydrogen-bond donors (Lipinski definition) is 1. The van der Waals surface area contributed by atoms with Crippen molar-refractivity contribution < 1.29 is 4.74 Å². The van der Waals surface area contributed by atoms with Crippen LogP contribution >= 0.6 is 0 Å². The second-order valence-corrected chi connectivity index (χ2v) is 4.88. The molecule has 1 atom stereocenters. The smallest absolute Gasteiger partial charge is 0.130 e. The molecule has 1 fully saturated rings. The first-order valence-electron chi connectivity index (χ1n) is 6.76. The van der Waals surface area contributed by atoms with Crippen LogP contribution in [-0.2, 0) is 18.2 Å². The third-order valence-electron chi connectivity index (χ3n) is 3.68. The summed E-state index contributed by atoms with van der Waals surface area (Å²) >= 11 is 0. The van der Waals surface area contributed by atoms with Crippen LogP contribution in [0.15, 0.2) is 0 Å². The van der Waals surface area contributed by atoms with Gasteiger partial charge in [-0.2, -0.15) is 5.10 Å². The van der Waals surface area contributed by atoms with Gasteiger partial charge in [0.05, 0.1) is 24.9 Å². The number of nitrogens with zero attached hydrogens (tertiary/aromatic N) is 3. The largest absolute Gasteiger partial charge is 0.377 e. The van der Waals surface area contributed by atoms with Gasteiger partial charge in [0.2, 0.25) is 0 Å². The van der Waals surface area contributed by atoms with E-state index in [1.54, 1.807) is 0 Å². The summed E-state index contributed by atoms with van der Waals surface area (Å²) in [5.74, 6) is 1.23. The molecule has 1 unspecified atom stereocenters. The Labute approximate surface area is 109 Å². The number of aryl methyl sites for hydroxylation is 2. The Hall–Kier alpha value is -1.07. The van der Waals surface area contributed by atoms with E-state index in [9.17, 15) is 0 Å². The number of nitrogens with two attached hydrogens (primary N) is 1. The van der Waals surface area contributed by atoms with Crippen molar-refractivity contribution in [3.8, 4) is 0 Å². The van der Waals surface area contributed by atoms with Crippen molar-refractivity contribution in [2.45, 2.75) is 32.7 Å². The monoisotopic (exact) mass is 252 g/mol. The standard InChI is InChI=1S/C13H24N4O/c1-4-11-9-18-8-7-17(11)13-12(5-6-14)10(2)15-16(13)3/h11H,4-9,14H2,1-3H3. The van der Waals surface area contributed by atoms with Gasteiger partial charge in [-0.05, 0) is 26.3 Å². The Balaban J connectivity index is 2.35. The van der Waals surface area contributed by atoms with E-state index in [-0.39, 0.29) is 0 Å². The molecule has 2 N–H and O–H groups in total. The molecule has 0 radical (unpaired) electrons. The Bertz CT molecular complexity index is 402. The minimum Gasteiger partial charge on any atom is -0.377 e. The van der Waals surface area contributed by atoms with E-state index in [1.165, 1.54) is 11.4 Å². The number of hydrogen-bond acceptors (Lipinski definition) is 4. The minimum atomic E-state index is 0.449. The molecule has 0 spiro atoms. The third-order valence-corrected chi connectivity index (χ3v) is 3.68. The van der Waals surface area contributed by atoms with Gasteiger partial charge in [-0.1, -0.05) is 6.92 Å². The van der Waals surface area contributed by atoms with E-state index >= 15 is 0 Å². The molecule has 0 amide bonds. The molecule has 2 rings (SSSR count). The summed E-state index contributed by atoms with van der Waals surface area (Å²) in [6.07, 6.45) is 1.98. The molecule has 0 aromatic carbocycles. The van der Waals surface area contributed by atoms with Crippen LogP contribution in [0.25, 0.3) is 0 Å². The lowest BCUT2D eigenvalue weighted by molar-refractivity contribution is 0.0921. The minimum absolute atomic E-state index is 0.449. The second-order valence-electron chi connectivity index (χ2n) is 4.88. The SMILES string of the molecule is CCC1COCCN1c1c(CCN)c(C)nn1C. The fraction of sp³-hybridized carbons (Fsp3) is 0.769. The van der Waals surface area contributed by atoms with Crippen LogP contribution in [-0.4, -0.2) is 42.1 Å². The maximum Gasteiger partial charge on any atom is 0.130 e. The average molecular weight is 252 g/mol. The predicted molar refractivity (Wildman–Crippen MR) is 72.9 cm³/mol. The van der Waals surface area contributed by atoms with Gasteiger partial charge in [0.25, 0.3) is 0 Å². The molecular formula is C13H24N4O. The van der Waals surface area contributed by atoms with Gasteiger partial charge in [0.15, 0.2) is 0 Å². The molecular weight excluding hydrogens is 228 g/mol. The van der Waals surface area contributed by atoms with E-state index < -0.39 is 0 Å². The van der Waals surface area contributed by atoms with Crippen LogP contribution in [0.4, 0.5) is 5.82 Å². The zero-order chi connectivity index (χ0) is 13.1. The van der Waals surface area contributed by atoms with Crippen LogP contribution in [0.5, 0.6) is 0 Å². The molecule has 0 aliphatic carbocycles. The first-order chi connectivity index (χ1) is 8.69. The van der Waals surface area contributed by atoms with Gasteiger partial charge in [0.1, 0.15) is 5.82 Å². The highest BCUT2D eigenvalue weighted by atomic mass is 16.5. The van der Waals surface area contributed by atoms with Crippen LogP contribution < -0.4 is 10.6 Å². The maximum absolute atomic E-state index is 5.72. The van der Waals surface area contributed by atoms with Crippen molar-refractivity contribution in [1.82, 2.24) is 9.78 Å². The first-order valence-corrected chi connectivity index (χ1v) is 6.76. The molecule has 1 aliphatic heterocycles. The average Bonchev–Trinajstić information content (AvgIpc) is 2.65. The Morgan fingerprint density at radius 2 is 2.28 bits per heavy atom. The van der Waals surface area contributed by atoms with Gasteiger partial charge in [-0.3, -0.25) is 4.68 Å². The van der Waals surface area contributed by atoms with Crippen LogP contribution in [0.1, 0.15) is 24.6 Å². The summed E-state index contributed by atoms with van der Waals surface area (Å²) in [6.45, 7) is 7.48. The lowest BCUT2D eigenvalue weighted by atomic mass is 10.1. The fourth-order valence-corrected chi connectivity index (χ4v) is 2.76. The Morgan fingerprint density at radius 1 is 1.50 bits per heavy atom. The van der Waals surface area contributed by atoms with Crippen molar-refractivity contribution in [1.29, 1.82) is 0 Å². The fourth-order valence-electron chi connectivity index (χ4n) is 2.76. The lowest BCUT2D eigenvalue weighted by Crippen LogP contribution is -2.46. The maximum atomic E-state index is 5.72. The van der Waals surface area contributed by atoms with Crippen LogP contribution in [0, 0.1) is 6.92 Å². The number of aromatic nitrogens is 2. The summed E-state index contributed by atoms with van der Waals surface area (Å²) in [6, 6.07) is 0.449. The highest BCUT2D eigenvalue weighted by Crippen LogP contribution is 2.27. The van der Waals surface area contributed by atoms with E-state index in [1.807, 2.05) is 11.7 Å². The number of rotatable bonds is 4. The van der Waals surface area contributed by atoms with Gasteiger partial charge in [0, 0.05) is 19.2 Å². The molecule has 1 aliphatic rings. The van der Waals surface area contributed by atoms with E-state index in [2.05, 4.69) is 23.8 Å².